The van der Waals surface area contributed by atoms with E-state index in [1.54, 1.807) is 5.38 Å². The highest BCUT2D eigenvalue weighted by Crippen LogP contribution is 2.18. The lowest BCUT2D eigenvalue weighted by Gasteiger charge is -2.07. The second-order valence-electron chi connectivity index (χ2n) is 3.71. The largest absolute Gasteiger partial charge is 0.481 e. The Morgan fingerprint density at radius 3 is 2.75 bits per heavy atom. The smallest absolute Gasteiger partial charge is 0.422 e. The molecule has 0 aliphatic rings. The van der Waals surface area contributed by atoms with E-state index >= 15 is 0 Å². The van der Waals surface area contributed by atoms with Crippen LogP contribution in [0.25, 0.3) is 0 Å². The summed E-state index contributed by atoms with van der Waals surface area (Å²) in [5, 5.41) is 12.2. The molecule has 0 aliphatic carbocycles. The molecule has 0 atom stereocenters. The van der Waals surface area contributed by atoms with Gasteiger partial charge in [-0.05, 0) is 12.8 Å². The van der Waals surface area contributed by atoms with Gasteiger partial charge < -0.3 is 9.84 Å². The molecule has 0 spiro atoms. The highest BCUT2D eigenvalue weighted by molar-refractivity contribution is 7.13. The molecule has 1 rings (SSSR count). The van der Waals surface area contributed by atoms with Crippen LogP contribution in [0.2, 0.25) is 0 Å². The molecule has 2 N–H and O–H groups in total. The zero-order valence-corrected chi connectivity index (χ0v) is 10.9. The first-order chi connectivity index (χ1) is 9.26. The van der Waals surface area contributed by atoms with Crippen molar-refractivity contribution in [3.8, 4) is 0 Å². The first kappa shape index (κ1) is 16.2. The van der Waals surface area contributed by atoms with E-state index < -0.39 is 24.8 Å². The lowest BCUT2D eigenvalue weighted by molar-refractivity contribution is -0.159. The number of alkyl halides is 3. The number of nitrogens with zero attached hydrogens (tertiary/aromatic N) is 1. The van der Waals surface area contributed by atoms with E-state index in [9.17, 15) is 22.8 Å². The summed E-state index contributed by atoms with van der Waals surface area (Å²) in [6.07, 6.45) is -5.04. The Labute approximate surface area is 115 Å². The second kappa shape index (κ2) is 7.08. The minimum Gasteiger partial charge on any atom is -0.481 e. The monoisotopic (exact) mass is 312 g/mol. The van der Waals surface area contributed by atoms with Gasteiger partial charge in [-0.1, -0.05) is 0 Å². The topological polar surface area (TPSA) is 88.5 Å². The molecule has 0 saturated carbocycles. The fourth-order valence-corrected chi connectivity index (χ4v) is 1.90. The van der Waals surface area contributed by atoms with Crippen molar-refractivity contribution < 1.29 is 32.6 Å². The number of aryl methyl sites for hydroxylation is 1. The van der Waals surface area contributed by atoms with E-state index in [0.29, 0.717) is 18.5 Å². The van der Waals surface area contributed by atoms with Crippen molar-refractivity contribution >= 4 is 28.5 Å². The van der Waals surface area contributed by atoms with Crippen LogP contribution >= 0.6 is 11.3 Å². The quantitative estimate of drug-likeness (QED) is 0.843. The molecule has 1 aromatic rings. The minimum absolute atomic E-state index is 0.00604. The lowest BCUT2D eigenvalue weighted by atomic mass is 10.2. The van der Waals surface area contributed by atoms with Crippen LogP contribution in [0.15, 0.2) is 5.38 Å². The van der Waals surface area contributed by atoms with Crippen LogP contribution in [-0.2, 0) is 16.0 Å². The van der Waals surface area contributed by atoms with Crippen LogP contribution in [0.5, 0.6) is 0 Å². The normalized spacial score (nSPS) is 11.2. The molecule has 0 bridgehead atoms. The van der Waals surface area contributed by atoms with E-state index in [2.05, 4.69) is 15.0 Å². The maximum Gasteiger partial charge on any atom is 0.422 e. The number of anilines is 1. The third-order valence-electron chi connectivity index (χ3n) is 1.95. The van der Waals surface area contributed by atoms with Gasteiger partial charge in [0.2, 0.25) is 0 Å². The van der Waals surface area contributed by atoms with Crippen LogP contribution < -0.4 is 5.32 Å². The van der Waals surface area contributed by atoms with Gasteiger partial charge >= 0.3 is 18.2 Å². The molecule has 6 nitrogen and oxygen atoms in total. The Balaban J connectivity index is 2.36. The van der Waals surface area contributed by atoms with Crippen LogP contribution in [0, 0.1) is 0 Å². The van der Waals surface area contributed by atoms with Gasteiger partial charge in [0.05, 0.1) is 5.69 Å². The van der Waals surface area contributed by atoms with Gasteiger partial charge in [0.25, 0.3) is 0 Å². The number of ether oxygens (including phenoxy) is 1. The number of carboxylic acids is 1. The molecule has 0 radical (unpaired) electrons. The summed E-state index contributed by atoms with van der Waals surface area (Å²) in [5.41, 5.74) is 0.558. The number of aliphatic carboxylic acids is 1. The Hall–Kier alpha value is -1.84. The third kappa shape index (κ3) is 6.92. The van der Waals surface area contributed by atoms with Crippen LogP contribution in [0.4, 0.5) is 23.1 Å². The van der Waals surface area contributed by atoms with E-state index in [4.69, 9.17) is 5.11 Å². The van der Waals surface area contributed by atoms with Crippen LogP contribution in [0.1, 0.15) is 18.5 Å². The van der Waals surface area contributed by atoms with Crippen molar-refractivity contribution in [1.82, 2.24) is 4.98 Å². The summed E-state index contributed by atoms with van der Waals surface area (Å²) in [6, 6.07) is 0. The molecule has 1 aromatic heterocycles. The number of halogens is 3. The second-order valence-corrected chi connectivity index (χ2v) is 4.57. The molecule has 1 amide bonds. The van der Waals surface area contributed by atoms with Crippen molar-refractivity contribution in [2.45, 2.75) is 25.4 Å². The number of carboxylic acid groups (broad SMARTS) is 1. The van der Waals surface area contributed by atoms with Gasteiger partial charge in [-0.2, -0.15) is 13.2 Å². The standard InChI is InChI=1S/C10H11F3N2O4S/c11-10(12,13)5-19-9(18)15-8-14-6(4-20-8)2-1-3-7(16)17/h4H,1-3,5H2,(H,16,17)(H,14,15,18). The number of aromatic nitrogens is 1. The van der Waals surface area contributed by atoms with E-state index in [-0.39, 0.29) is 11.6 Å². The average Bonchev–Trinajstić information content (AvgIpc) is 2.73. The van der Waals surface area contributed by atoms with Crippen LogP contribution in [-0.4, -0.2) is 34.9 Å². The van der Waals surface area contributed by atoms with Gasteiger partial charge in [-0.3, -0.25) is 10.1 Å². The Morgan fingerprint density at radius 2 is 2.15 bits per heavy atom. The first-order valence-corrected chi connectivity index (χ1v) is 6.31. The lowest BCUT2D eigenvalue weighted by Crippen LogP contribution is -2.23. The zero-order valence-electron chi connectivity index (χ0n) is 10.1. The minimum atomic E-state index is -4.58. The molecule has 10 heteroatoms. The number of rotatable bonds is 6. The van der Waals surface area contributed by atoms with Gasteiger partial charge in [0.15, 0.2) is 11.7 Å². The average molecular weight is 312 g/mol. The van der Waals surface area contributed by atoms with Crippen molar-refractivity contribution in [3.05, 3.63) is 11.1 Å². The molecule has 0 aliphatic heterocycles. The van der Waals surface area contributed by atoms with Gasteiger partial charge in [0.1, 0.15) is 0 Å². The van der Waals surface area contributed by atoms with Crippen molar-refractivity contribution in [3.63, 3.8) is 0 Å². The fraction of sp³-hybridized carbons (Fsp3) is 0.500. The summed E-state index contributed by atoms with van der Waals surface area (Å²) < 4.78 is 39.3. The van der Waals surface area contributed by atoms with Gasteiger partial charge in [-0.15, -0.1) is 11.3 Å². The number of hydrogen-bond donors (Lipinski definition) is 2. The number of amides is 1. The Bertz CT molecular complexity index is 475. The maximum absolute atomic E-state index is 11.8. The number of carbonyl (C=O) groups excluding carboxylic acids is 1. The summed E-state index contributed by atoms with van der Waals surface area (Å²) in [4.78, 5) is 25.3. The fourth-order valence-electron chi connectivity index (χ4n) is 1.17. The van der Waals surface area contributed by atoms with Crippen molar-refractivity contribution in [2.24, 2.45) is 0 Å². The number of nitrogens with one attached hydrogen (secondary N) is 1. The number of carbonyl (C=O) groups is 2. The Kier molecular flexibility index (Phi) is 5.74. The van der Waals surface area contributed by atoms with E-state index in [1.165, 1.54) is 0 Å². The van der Waals surface area contributed by atoms with E-state index in [0.717, 1.165) is 11.3 Å². The highest BCUT2D eigenvalue weighted by Gasteiger charge is 2.29. The Morgan fingerprint density at radius 1 is 1.45 bits per heavy atom. The highest BCUT2D eigenvalue weighted by atomic mass is 32.1. The summed E-state index contributed by atoms with van der Waals surface area (Å²) in [5.74, 6) is -0.922. The molecule has 0 unspecified atom stereocenters. The molecule has 1 heterocycles. The predicted molar refractivity (Wildman–Crippen MR) is 63.7 cm³/mol. The summed E-state index contributed by atoms with van der Waals surface area (Å²) in [7, 11) is 0. The molecule has 0 aromatic carbocycles. The molecule has 0 fully saturated rings. The molecular weight excluding hydrogens is 301 g/mol. The number of thiazole rings is 1. The summed E-state index contributed by atoms with van der Waals surface area (Å²) in [6.45, 7) is -1.67. The van der Waals surface area contributed by atoms with Crippen molar-refractivity contribution in [1.29, 1.82) is 0 Å². The molecule has 0 saturated heterocycles. The van der Waals surface area contributed by atoms with E-state index in [1.807, 2.05) is 0 Å². The first-order valence-electron chi connectivity index (χ1n) is 5.43. The maximum atomic E-state index is 11.8. The molecule has 112 valence electrons. The van der Waals surface area contributed by atoms with Gasteiger partial charge in [0, 0.05) is 11.8 Å². The van der Waals surface area contributed by atoms with Crippen LogP contribution in [0.3, 0.4) is 0 Å². The SMILES string of the molecule is O=C(O)CCCc1csc(NC(=O)OCC(F)(F)F)n1. The molecule has 20 heavy (non-hydrogen) atoms. The van der Waals surface area contributed by atoms with Crippen molar-refractivity contribution in [2.75, 3.05) is 11.9 Å². The summed E-state index contributed by atoms with van der Waals surface area (Å²) >= 11 is 1.02. The number of hydrogen-bond acceptors (Lipinski definition) is 5. The van der Waals surface area contributed by atoms with Gasteiger partial charge in [-0.25, -0.2) is 9.78 Å². The third-order valence-corrected chi connectivity index (χ3v) is 2.76. The molecular formula is C10H11F3N2O4S. The zero-order chi connectivity index (χ0) is 15.2. The predicted octanol–water partition coefficient (Wildman–Crippen LogP) is 2.66.